The van der Waals surface area contributed by atoms with Gasteiger partial charge in [0, 0.05) is 0 Å². The highest BCUT2D eigenvalue weighted by Gasteiger charge is 2.15. The van der Waals surface area contributed by atoms with E-state index in [4.69, 9.17) is 21.1 Å². The summed E-state index contributed by atoms with van der Waals surface area (Å²) in [6, 6.07) is 19.7. The summed E-state index contributed by atoms with van der Waals surface area (Å²) < 4.78 is 10.4. The molecule has 0 unspecified atom stereocenters. The lowest BCUT2D eigenvalue weighted by Crippen LogP contribution is -2.32. The van der Waals surface area contributed by atoms with Crippen molar-refractivity contribution in [1.82, 2.24) is 5.43 Å². The molecule has 0 spiro atoms. The van der Waals surface area contributed by atoms with Gasteiger partial charge in [0.2, 0.25) is 0 Å². The molecule has 0 aromatic heterocycles. The van der Waals surface area contributed by atoms with E-state index in [9.17, 15) is 14.4 Å². The van der Waals surface area contributed by atoms with Gasteiger partial charge in [-0.25, -0.2) is 10.2 Å². The van der Waals surface area contributed by atoms with Crippen molar-refractivity contribution in [2.24, 2.45) is 5.10 Å². The van der Waals surface area contributed by atoms with Crippen LogP contribution in [0.1, 0.15) is 15.9 Å². The van der Waals surface area contributed by atoms with E-state index in [1.54, 1.807) is 72.8 Å². The lowest BCUT2D eigenvalue weighted by atomic mass is 10.2. The molecule has 0 bridgehead atoms. The fourth-order valence-electron chi connectivity index (χ4n) is 2.59. The number of anilines is 1. The van der Waals surface area contributed by atoms with Gasteiger partial charge in [0.05, 0.1) is 29.6 Å². The first-order chi connectivity index (χ1) is 15.5. The zero-order chi connectivity index (χ0) is 22.9. The maximum absolute atomic E-state index is 12.3. The molecule has 2 amide bonds. The topological polar surface area (TPSA) is 106 Å². The lowest BCUT2D eigenvalue weighted by Gasteiger charge is -2.08. The summed E-state index contributed by atoms with van der Waals surface area (Å²) >= 11 is 6.01. The Balaban J connectivity index is 1.58. The van der Waals surface area contributed by atoms with Crippen LogP contribution in [0.15, 0.2) is 77.9 Å². The molecule has 2 N–H and O–H groups in total. The summed E-state index contributed by atoms with van der Waals surface area (Å²) in [7, 11) is 1.45. The number of ether oxygens (including phenoxy) is 2. The minimum absolute atomic E-state index is 0.238. The summed E-state index contributed by atoms with van der Waals surface area (Å²) in [5.74, 6) is -1.80. The van der Waals surface area contributed by atoms with Gasteiger partial charge in [0.15, 0.2) is 0 Å². The zero-order valence-corrected chi connectivity index (χ0v) is 17.6. The van der Waals surface area contributed by atoms with Crippen LogP contribution in [0.4, 0.5) is 5.69 Å². The Hall–Kier alpha value is -4.17. The van der Waals surface area contributed by atoms with E-state index in [0.717, 1.165) is 0 Å². The minimum Gasteiger partial charge on any atom is -0.495 e. The third-order valence-electron chi connectivity index (χ3n) is 4.10. The van der Waals surface area contributed by atoms with E-state index >= 15 is 0 Å². The van der Waals surface area contributed by atoms with Crippen LogP contribution in [-0.4, -0.2) is 31.1 Å². The number of esters is 1. The zero-order valence-electron chi connectivity index (χ0n) is 16.9. The monoisotopic (exact) mass is 451 g/mol. The van der Waals surface area contributed by atoms with Crippen LogP contribution in [0, 0.1) is 0 Å². The molecule has 8 nitrogen and oxygen atoms in total. The van der Waals surface area contributed by atoms with E-state index in [0.29, 0.717) is 17.0 Å². The fraction of sp³-hybridized carbons (Fsp3) is 0.0435. The van der Waals surface area contributed by atoms with Crippen molar-refractivity contribution in [3.63, 3.8) is 0 Å². The Labute approximate surface area is 188 Å². The number of benzene rings is 3. The number of halogens is 1. The molecular formula is C23H18ClN3O5. The molecule has 32 heavy (non-hydrogen) atoms. The number of hydrogen-bond donors (Lipinski definition) is 2. The predicted octanol–water partition coefficient (Wildman–Crippen LogP) is 3.66. The summed E-state index contributed by atoms with van der Waals surface area (Å²) in [5.41, 5.74) is 3.25. The smallest absolute Gasteiger partial charge is 0.345 e. The van der Waals surface area contributed by atoms with Crippen LogP contribution in [0.25, 0.3) is 0 Å². The molecule has 0 aliphatic heterocycles. The number of para-hydroxylation sites is 2. The second-order valence-corrected chi connectivity index (χ2v) is 6.70. The van der Waals surface area contributed by atoms with E-state index in [1.807, 2.05) is 0 Å². The van der Waals surface area contributed by atoms with E-state index < -0.39 is 17.8 Å². The van der Waals surface area contributed by atoms with Crippen LogP contribution in [0.2, 0.25) is 5.02 Å². The van der Waals surface area contributed by atoms with Crippen molar-refractivity contribution in [3.8, 4) is 11.5 Å². The predicted molar refractivity (Wildman–Crippen MR) is 120 cm³/mol. The first-order valence-electron chi connectivity index (χ1n) is 9.32. The number of methoxy groups -OCH3 is 1. The fourth-order valence-corrected chi connectivity index (χ4v) is 2.80. The molecule has 0 heterocycles. The summed E-state index contributed by atoms with van der Waals surface area (Å²) in [6.45, 7) is 0. The summed E-state index contributed by atoms with van der Waals surface area (Å²) in [5, 5.41) is 6.49. The Kier molecular flexibility index (Phi) is 7.55. The second-order valence-electron chi connectivity index (χ2n) is 6.30. The molecule has 0 aliphatic rings. The number of hydrogen-bond acceptors (Lipinski definition) is 6. The number of nitrogens with zero attached hydrogens (tertiary/aromatic N) is 1. The summed E-state index contributed by atoms with van der Waals surface area (Å²) in [4.78, 5) is 36.3. The van der Waals surface area contributed by atoms with Crippen LogP contribution < -0.4 is 20.2 Å². The molecule has 3 rings (SSSR count). The van der Waals surface area contributed by atoms with E-state index in [2.05, 4.69) is 15.8 Å². The van der Waals surface area contributed by atoms with E-state index in [1.165, 1.54) is 13.3 Å². The molecule has 0 fully saturated rings. The second kappa shape index (κ2) is 10.7. The molecule has 0 atom stereocenters. The molecule has 0 radical (unpaired) electrons. The molecular weight excluding hydrogens is 434 g/mol. The van der Waals surface area contributed by atoms with Gasteiger partial charge in [0.1, 0.15) is 11.5 Å². The van der Waals surface area contributed by atoms with Crippen molar-refractivity contribution in [3.05, 3.63) is 88.9 Å². The van der Waals surface area contributed by atoms with Gasteiger partial charge in [-0.3, -0.25) is 9.59 Å². The van der Waals surface area contributed by atoms with E-state index in [-0.39, 0.29) is 16.3 Å². The first kappa shape index (κ1) is 22.5. The Morgan fingerprint density at radius 2 is 1.69 bits per heavy atom. The van der Waals surface area contributed by atoms with Crippen molar-refractivity contribution in [2.45, 2.75) is 0 Å². The van der Waals surface area contributed by atoms with Gasteiger partial charge in [-0.2, -0.15) is 5.10 Å². The van der Waals surface area contributed by atoms with Gasteiger partial charge in [-0.15, -0.1) is 0 Å². The number of nitrogens with one attached hydrogen (secondary N) is 2. The van der Waals surface area contributed by atoms with Crippen LogP contribution in [0.5, 0.6) is 11.5 Å². The van der Waals surface area contributed by atoms with Crippen LogP contribution >= 0.6 is 11.6 Å². The van der Waals surface area contributed by atoms with Crippen molar-refractivity contribution in [2.75, 3.05) is 12.4 Å². The third-order valence-corrected chi connectivity index (χ3v) is 4.43. The number of carbonyl (C=O) groups excluding carboxylic acids is 3. The van der Waals surface area contributed by atoms with Crippen molar-refractivity contribution < 1.29 is 23.9 Å². The third kappa shape index (κ3) is 5.93. The standard InChI is InChI=1S/C23H18ClN3O5/c1-31-20-12-5-4-11-19(20)26-21(28)22(29)27-25-14-15-7-6-8-16(13-15)32-23(30)17-9-2-3-10-18(17)24/h2-14H,1H3,(H,26,28)(H,27,29)/b25-14+. The number of hydrazone groups is 1. The maximum atomic E-state index is 12.3. The number of carbonyl (C=O) groups is 3. The Bertz CT molecular complexity index is 1180. The lowest BCUT2D eigenvalue weighted by molar-refractivity contribution is -0.136. The summed E-state index contributed by atoms with van der Waals surface area (Å²) in [6.07, 6.45) is 1.31. The molecule has 0 saturated carbocycles. The van der Waals surface area contributed by atoms with Crippen LogP contribution in [0.3, 0.4) is 0 Å². The minimum atomic E-state index is -0.964. The van der Waals surface area contributed by atoms with Gasteiger partial charge >= 0.3 is 17.8 Å². The average molecular weight is 452 g/mol. The molecule has 162 valence electrons. The van der Waals surface area contributed by atoms with Gasteiger partial charge in [-0.1, -0.05) is 48.0 Å². The number of rotatable bonds is 6. The van der Waals surface area contributed by atoms with Gasteiger partial charge < -0.3 is 14.8 Å². The first-order valence-corrected chi connectivity index (χ1v) is 9.70. The quantitative estimate of drug-likeness (QED) is 0.195. The largest absolute Gasteiger partial charge is 0.495 e. The van der Waals surface area contributed by atoms with Crippen molar-refractivity contribution in [1.29, 1.82) is 0 Å². The normalized spacial score (nSPS) is 10.4. The maximum Gasteiger partial charge on any atom is 0.345 e. The molecule has 3 aromatic carbocycles. The SMILES string of the molecule is COc1ccccc1NC(=O)C(=O)N/N=C/c1cccc(OC(=O)c2ccccc2Cl)c1. The Morgan fingerprint density at radius 3 is 2.47 bits per heavy atom. The highest BCUT2D eigenvalue weighted by molar-refractivity contribution is 6.39. The molecule has 3 aromatic rings. The molecule has 0 saturated heterocycles. The van der Waals surface area contributed by atoms with Gasteiger partial charge in [-0.05, 0) is 42.0 Å². The van der Waals surface area contributed by atoms with Crippen molar-refractivity contribution >= 4 is 41.3 Å². The molecule has 9 heteroatoms. The molecule has 0 aliphatic carbocycles. The van der Waals surface area contributed by atoms with Gasteiger partial charge in [0.25, 0.3) is 0 Å². The van der Waals surface area contributed by atoms with Crippen LogP contribution in [-0.2, 0) is 9.59 Å². The number of amides is 2. The highest BCUT2D eigenvalue weighted by Crippen LogP contribution is 2.23. The average Bonchev–Trinajstić information content (AvgIpc) is 2.79. The Morgan fingerprint density at radius 1 is 0.938 bits per heavy atom. The highest BCUT2D eigenvalue weighted by atomic mass is 35.5.